The number of amides is 1. The maximum atomic E-state index is 13.3. The molecule has 3 aromatic heterocycles. The van der Waals surface area contributed by atoms with Crippen LogP contribution in [-0.2, 0) is 10.2 Å². The molecule has 0 spiro atoms. The van der Waals surface area contributed by atoms with Crippen LogP contribution in [0.15, 0.2) is 42.6 Å². The first kappa shape index (κ1) is 23.7. The molecule has 35 heavy (non-hydrogen) atoms. The number of fused-ring (bicyclic) bond motifs is 2. The van der Waals surface area contributed by atoms with E-state index in [9.17, 15) is 13.2 Å². The van der Waals surface area contributed by atoms with Crippen molar-refractivity contribution in [1.29, 1.82) is 0 Å². The SMILES string of the molecule is Cc1cc2cc(Nc3ccnc4cc(C(=O)N5CCC(N(C)S(=O)(=O)N(C)C)C5)sc34)ccc2[nH]1. The summed E-state index contributed by atoms with van der Waals surface area (Å²) in [6.45, 7) is 2.91. The van der Waals surface area contributed by atoms with E-state index in [0.717, 1.165) is 38.2 Å². The molecule has 2 N–H and O–H groups in total. The van der Waals surface area contributed by atoms with Gasteiger partial charge in [-0.2, -0.15) is 17.0 Å². The zero-order valence-electron chi connectivity index (χ0n) is 20.1. The summed E-state index contributed by atoms with van der Waals surface area (Å²) in [6.07, 6.45) is 2.34. The highest BCUT2D eigenvalue weighted by Crippen LogP contribution is 2.34. The van der Waals surface area contributed by atoms with Crippen LogP contribution in [0.4, 0.5) is 11.4 Å². The van der Waals surface area contributed by atoms with Crippen LogP contribution in [0.2, 0.25) is 0 Å². The van der Waals surface area contributed by atoms with Gasteiger partial charge in [-0.3, -0.25) is 9.78 Å². The van der Waals surface area contributed by atoms with Gasteiger partial charge in [0.05, 0.1) is 20.8 Å². The zero-order valence-corrected chi connectivity index (χ0v) is 21.7. The van der Waals surface area contributed by atoms with Crippen molar-refractivity contribution in [3.8, 4) is 0 Å². The Balaban J connectivity index is 1.36. The van der Waals surface area contributed by atoms with Gasteiger partial charge in [0.1, 0.15) is 0 Å². The Bertz CT molecular complexity index is 1520. The number of aryl methyl sites for hydroxylation is 1. The Morgan fingerprint density at radius 2 is 2.00 bits per heavy atom. The van der Waals surface area contributed by atoms with Gasteiger partial charge in [-0.25, -0.2) is 0 Å². The molecule has 11 heteroatoms. The first-order chi connectivity index (χ1) is 16.6. The molecule has 1 amide bonds. The highest BCUT2D eigenvalue weighted by Gasteiger charge is 2.35. The van der Waals surface area contributed by atoms with Gasteiger partial charge in [0.15, 0.2) is 0 Å². The third-order valence-electron chi connectivity index (χ3n) is 6.45. The number of pyridine rings is 1. The molecule has 1 fully saturated rings. The van der Waals surface area contributed by atoms with Gasteiger partial charge in [-0.1, -0.05) is 0 Å². The number of thiophene rings is 1. The van der Waals surface area contributed by atoms with Crippen molar-refractivity contribution < 1.29 is 13.2 Å². The standard InChI is InChI=1S/C24H28N6O3S2/c1-15-11-16-12-17(5-6-19(16)26-15)27-20-7-9-25-21-13-22(34-23(20)21)24(31)30-10-8-18(14-30)29(4)35(32,33)28(2)3/h5-7,9,11-13,18,26H,8,10,14H2,1-4H3,(H,25,27). The third-order valence-corrected chi connectivity index (χ3v) is 9.54. The van der Waals surface area contributed by atoms with E-state index >= 15 is 0 Å². The van der Waals surface area contributed by atoms with Gasteiger partial charge in [-0.15, -0.1) is 11.3 Å². The van der Waals surface area contributed by atoms with Gasteiger partial charge >= 0.3 is 0 Å². The molecule has 0 saturated carbocycles. The van der Waals surface area contributed by atoms with Crippen molar-refractivity contribution in [1.82, 2.24) is 23.5 Å². The molecule has 1 aliphatic rings. The maximum Gasteiger partial charge on any atom is 0.281 e. The van der Waals surface area contributed by atoms with E-state index < -0.39 is 10.2 Å². The number of nitrogens with one attached hydrogen (secondary N) is 2. The highest BCUT2D eigenvalue weighted by molar-refractivity contribution is 7.86. The summed E-state index contributed by atoms with van der Waals surface area (Å²) in [4.78, 5) is 23.4. The number of carbonyl (C=O) groups is 1. The number of likely N-dealkylation sites (N-methyl/N-ethyl adjacent to an activating group) is 1. The molecular weight excluding hydrogens is 484 g/mol. The van der Waals surface area contributed by atoms with Crippen molar-refractivity contribution in [3.63, 3.8) is 0 Å². The molecule has 0 bridgehead atoms. The van der Waals surface area contributed by atoms with Crippen LogP contribution in [0.1, 0.15) is 21.8 Å². The predicted molar refractivity (Wildman–Crippen MR) is 141 cm³/mol. The number of likely N-dealkylation sites (tertiary alicyclic amines) is 1. The van der Waals surface area contributed by atoms with Crippen molar-refractivity contribution in [2.75, 3.05) is 39.5 Å². The van der Waals surface area contributed by atoms with E-state index in [0.29, 0.717) is 24.4 Å². The maximum absolute atomic E-state index is 13.3. The van der Waals surface area contributed by atoms with E-state index in [-0.39, 0.29) is 11.9 Å². The Morgan fingerprint density at radius 3 is 2.77 bits per heavy atom. The van der Waals surface area contributed by atoms with Crippen LogP contribution < -0.4 is 5.32 Å². The fraction of sp³-hybridized carbons (Fsp3) is 0.333. The Hall–Kier alpha value is -2.99. The number of anilines is 2. The Morgan fingerprint density at radius 1 is 1.20 bits per heavy atom. The quantitative estimate of drug-likeness (QED) is 0.409. The smallest absolute Gasteiger partial charge is 0.281 e. The lowest BCUT2D eigenvalue weighted by molar-refractivity contribution is 0.0790. The van der Waals surface area contributed by atoms with Crippen molar-refractivity contribution in [2.24, 2.45) is 0 Å². The number of carbonyl (C=O) groups excluding carboxylic acids is 1. The summed E-state index contributed by atoms with van der Waals surface area (Å²) in [6, 6.07) is 11.7. The minimum absolute atomic E-state index is 0.0960. The van der Waals surface area contributed by atoms with Gasteiger partial charge in [0.25, 0.3) is 16.1 Å². The molecule has 9 nitrogen and oxygen atoms in total. The minimum atomic E-state index is -3.53. The average Bonchev–Trinajstić information content (AvgIpc) is 3.55. The molecule has 1 unspecified atom stereocenters. The second kappa shape index (κ2) is 8.90. The number of rotatable bonds is 6. The average molecular weight is 513 g/mol. The summed E-state index contributed by atoms with van der Waals surface area (Å²) in [5.74, 6) is -0.0960. The molecular formula is C24H28N6O3S2. The molecule has 1 aromatic carbocycles. The highest BCUT2D eigenvalue weighted by atomic mass is 32.2. The number of hydrogen-bond acceptors (Lipinski definition) is 6. The van der Waals surface area contributed by atoms with Gasteiger partial charge in [0, 0.05) is 68.8 Å². The largest absolute Gasteiger partial charge is 0.359 e. The molecule has 4 heterocycles. The predicted octanol–water partition coefficient (Wildman–Crippen LogP) is 3.78. The van der Waals surface area contributed by atoms with Crippen LogP contribution in [0, 0.1) is 6.92 Å². The van der Waals surface area contributed by atoms with Gasteiger partial charge in [0.2, 0.25) is 0 Å². The second-order valence-electron chi connectivity index (χ2n) is 9.06. The number of H-pyrrole nitrogens is 1. The third kappa shape index (κ3) is 4.40. The lowest BCUT2D eigenvalue weighted by Crippen LogP contribution is -2.45. The fourth-order valence-electron chi connectivity index (χ4n) is 4.48. The zero-order chi connectivity index (χ0) is 24.9. The van der Waals surface area contributed by atoms with Gasteiger partial charge < -0.3 is 15.2 Å². The van der Waals surface area contributed by atoms with E-state index in [1.165, 1.54) is 34.0 Å². The summed E-state index contributed by atoms with van der Waals surface area (Å²) >= 11 is 1.40. The van der Waals surface area contributed by atoms with Crippen molar-refractivity contribution in [3.05, 3.63) is 53.2 Å². The number of benzene rings is 1. The summed E-state index contributed by atoms with van der Waals surface area (Å²) in [5, 5.41) is 4.60. The number of aromatic amines is 1. The number of aromatic nitrogens is 2. The van der Waals surface area contributed by atoms with Crippen LogP contribution >= 0.6 is 11.3 Å². The summed E-state index contributed by atoms with van der Waals surface area (Å²) < 4.78 is 28.4. The molecule has 0 aliphatic carbocycles. The van der Waals surface area contributed by atoms with Crippen LogP contribution in [-0.4, -0.2) is 78.1 Å². The Kier molecular flexibility index (Phi) is 6.04. The number of hydrogen-bond donors (Lipinski definition) is 2. The lowest BCUT2D eigenvalue weighted by Gasteiger charge is -2.26. The monoisotopic (exact) mass is 512 g/mol. The van der Waals surface area contributed by atoms with Crippen LogP contribution in [0.3, 0.4) is 0 Å². The second-order valence-corrected chi connectivity index (χ2v) is 12.3. The van der Waals surface area contributed by atoms with Gasteiger partial charge in [-0.05, 0) is 49.7 Å². The van der Waals surface area contributed by atoms with Crippen LogP contribution in [0.5, 0.6) is 0 Å². The molecule has 184 valence electrons. The topological polar surface area (TPSA) is 102 Å². The minimum Gasteiger partial charge on any atom is -0.359 e. The molecule has 0 radical (unpaired) electrons. The van der Waals surface area contributed by atoms with Crippen molar-refractivity contribution >= 4 is 59.9 Å². The van der Waals surface area contributed by atoms with E-state index in [2.05, 4.69) is 27.4 Å². The normalized spacial score (nSPS) is 16.7. The fourth-order valence-corrected chi connectivity index (χ4v) is 6.59. The van der Waals surface area contributed by atoms with E-state index in [1.807, 2.05) is 31.2 Å². The molecule has 1 aliphatic heterocycles. The first-order valence-electron chi connectivity index (χ1n) is 11.3. The van der Waals surface area contributed by atoms with Crippen molar-refractivity contribution in [2.45, 2.75) is 19.4 Å². The van der Waals surface area contributed by atoms with E-state index in [1.54, 1.807) is 18.1 Å². The molecule has 4 aromatic rings. The molecule has 5 rings (SSSR count). The first-order valence-corrected chi connectivity index (χ1v) is 13.5. The van der Waals surface area contributed by atoms with E-state index in [4.69, 9.17) is 0 Å². The lowest BCUT2D eigenvalue weighted by atomic mass is 10.2. The molecule has 1 saturated heterocycles. The molecule has 1 atom stereocenters. The van der Waals surface area contributed by atoms with Crippen LogP contribution in [0.25, 0.3) is 21.1 Å². The number of nitrogens with zero attached hydrogens (tertiary/aromatic N) is 4. The summed E-state index contributed by atoms with van der Waals surface area (Å²) in [5.41, 5.74) is 4.80. The summed E-state index contributed by atoms with van der Waals surface area (Å²) in [7, 11) is 1.06. The Labute approximate surface area is 208 Å².